The number of hydrogen-bond donors (Lipinski definition) is 2. The minimum absolute atomic E-state index is 0.551. The molecule has 2 N–H and O–H groups in total. The molecule has 0 aliphatic carbocycles. The highest BCUT2D eigenvalue weighted by Crippen LogP contribution is 2.51. The number of para-hydroxylation sites is 2. The van der Waals surface area contributed by atoms with E-state index in [1.807, 2.05) is 36.4 Å². The van der Waals surface area contributed by atoms with E-state index < -0.39 is 12.9 Å². The molecule has 1 heterocycles. The molecule has 0 spiro atoms. The minimum atomic E-state index is -4.58. The van der Waals surface area contributed by atoms with E-state index in [1.165, 1.54) is 6.08 Å². The number of hydrogen-bond acceptors (Lipinski definition) is 4. The van der Waals surface area contributed by atoms with Crippen LogP contribution in [0.15, 0.2) is 87.9 Å². The average molecular weight is 406 g/mol. The second kappa shape index (κ2) is 7.31. The second-order valence-electron chi connectivity index (χ2n) is 6.15. The molecule has 4 rings (SSSR count). The zero-order chi connectivity index (χ0) is 19.7. The van der Waals surface area contributed by atoms with Gasteiger partial charge in [0.2, 0.25) is 0 Å². The maximum atomic E-state index is 11.3. The molecule has 3 aromatic rings. The molecule has 5 nitrogen and oxygen atoms in total. The minimum Gasteiger partial charge on any atom is -0.321 e. The summed E-state index contributed by atoms with van der Waals surface area (Å²) in [6.45, 7) is 0. The van der Waals surface area contributed by atoms with Crippen molar-refractivity contribution < 1.29 is 14.4 Å². The van der Waals surface area contributed by atoms with Gasteiger partial charge in [0, 0.05) is 15.5 Å². The van der Waals surface area contributed by atoms with Crippen molar-refractivity contribution in [2.45, 2.75) is 9.79 Å². The lowest BCUT2D eigenvalue weighted by Crippen LogP contribution is -2.14. The lowest BCUT2D eigenvalue weighted by molar-refractivity contribution is 0.384. The highest BCUT2D eigenvalue weighted by molar-refractivity contribution is 7.99. The van der Waals surface area contributed by atoms with Gasteiger partial charge in [-0.3, -0.25) is 4.57 Å². The Bertz CT molecular complexity index is 1120. The molecule has 7 heteroatoms. The molecule has 3 aromatic carbocycles. The van der Waals surface area contributed by atoms with Gasteiger partial charge in [0.25, 0.3) is 0 Å². The second-order valence-corrected chi connectivity index (χ2v) is 8.80. The third-order valence-electron chi connectivity index (χ3n) is 4.32. The van der Waals surface area contributed by atoms with E-state index in [-0.39, 0.29) is 0 Å². The number of allylic oxidation sites excluding steroid dienone is 1. The molecule has 0 fully saturated rings. The van der Waals surface area contributed by atoms with Crippen molar-refractivity contribution in [1.29, 1.82) is 5.26 Å². The first-order valence-corrected chi connectivity index (χ1v) is 10.8. The maximum Gasteiger partial charge on any atom is 0.366 e. The van der Waals surface area contributed by atoms with Gasteiger partial charge in [-0.2, -0.15) is 5.26 Å². The lowest BCUT2D eigenvalue weighted by atomic mass is 10.1. The number of nitrogens with zero attached hydrogens (tertiary/aromatic N) is 2. The Morgan fingerprint density at radius 1 is 0.929 bits per heavy atom. The number of nitriles is 1. The van der Waals surface area contributed by atoms with Gasteiger partial charge in [-0.05, 0) is 48.0 Å². The predicted octanol–water partition coefficient (Wildman–Crippen LogP) is 5.66. The molecule has 138 valence electrons. The van der Waals surface area contributed by atoms with Gasteiger partial charge in [-0.1, -0.05) is 48.2 Å². The summed E-state index contributed by atoms with van der Waals surface area (Å²) < 4.78 is 11.3. The summed E-state index contributed by atoms with van der Waals surface area (Å²) in [6.07, 6.45) is 1.22. The normalized spacial score (nSPS) is 13.5. The fourth-order valence-corrected chi connectivity index (χ4v) is 4.55. The van der Waals surface area contributed by atoms with Crippen LogP contribution in [-0.2, 0) is 4.57 Å². The van der Waals surface area contributed by atoms with Crippen molar-refractivity contribution in [3.05, 3.63) is 83.7 Å². The number of anilines is 3. The predicted molar refractivity (Wildman–Crippen MR) is 111 cm³/mol. The molecule has 0 saturated carbocycles. The van der Waals surface area contributed by atoms with Gasteiger partial charge in [0.15, 0.2) is 0 Å². The van der Waals surface area contributed by atoms with Gasteiger partial charge in [-0.15, -0.1) is 0 Å². The fourth-order valence-electron chi connectivity index (χ4n) is 3.04. The Morgan fingerprint density at radius 2 is 1.46 bits per heavy atom. The van der Waals surface area contributed by atoms with Crippen molar-refractivity contribution in [3.63, 3.8) is 0 Å². The smallest absolute Gasteiger partial charge is 0.321 e. The van der Waals surface area contributed by atoms with Gasteiger partial charge in [0.05, 0.1) is 11.4 Å². The SMILES string of the molecule is N#CC(=Cc1ccc(N2c3ccccc3Sc3ccccc32)cc1)P(=O)(O)O. The van der Waals surface area contributed by atoms with E-state index in [0.717, 1.165) is 26.9 Å². The average Bonchev–Trinajstić information content (AvgIpc) is 2.70. The van der Waals surface area contributed by atoms with Crippen LogP contribution < -0.4 is 4.90 Å². The molecule has 0 radical (unpaired) electrons. The van der Waals surface area contributed by atoms with Crippen molar-refractivity contribution in [2.24, 2.45) is 0 Å². The van der Waals surface area contributed by atoms with Gasteiger partial charge >= 0.3 is 7.60 Å². The summed E-state index contributed by atoms with van der Waals surface area (Å²) in [5.41, 5.74) is 3.62. The Kier molecular flexibility index (Phi) is 4.84. The topological polar surface area (TPSA) is 84.6 Å². The third-order valence-corrected chi connectivity index (χ3v) is 6.30. The van der Waals surface area contributed by atoms with E-state index in [9.17, 15) is 14.4 Å². The Hall–Kier alpha value is -2.81. The first-order chi connectivity index (χ1) is 13.5. The first-order valence-electron chi connectivity index (χ1n) is 8.41. The molecular formula is C21H15N2O3PS. The monoisotopic (exact) mass is 406 g/mol. The summed E-state index contributed by atoms with van der Waals surface area (Å²) in [5.74, 6) is 0. The molecule has 0 atom stereocenters. The molecule has 28 heavy (non-hydrogen) atoms. The van der Waals surface area contributed by atoms with Crippen LogP contribution in [0.5, 0.6) is 0 Å². The van der Waals surface area contributed by atoms with Crippen molar-refractivity contribution in [2.75, 3.05) is 4.90 Å². The van der Waals surface area contributed by atoms with Crippen LogP contribution >= 0.6 is 19.4 Å². The van der Waals surface area contributed by atoms with Crippen LogP contribution in [-0.4, -0.2) is 9.79 Å². The van der Waals surface area contributed by atoms with Gasteiger partial charge in [0.1, 0.15) is 11.4 Å². The molecule has 0 amide bonds. The Morgan fingerprint density at radius 3 is 1.96 bits per heavy atom. The molecule has 0 bridgehead atoms. The molecule has 1 aliphatic heterocycles. The van der Waals surface area contributed by atoms with E-state index >= 15 is 0 Å². The van der Waals surface area contributed by atoms with Crippen LogP contribution in [0.25, 0.3) is 6.08 Å². The van der Waals surface area contributed by atoms with E-state index in [0.29, 0.717) is 5.56 Å². The van der Waals surface area contributed by atoms with Crippen LogP contribution in [0.3, 0.4) is 0 Å². The summed E-state index contributed by atoms with van der Waals surface area (Å²) in [5, 5.41) is 8.43. The standard InChI is InChI=1S/C21H15N2O3PS/c22-14-17(27(24,25)26)13-15-9-11-16(12-10-15)23-18-5-1-3-7-20(18)28-21-8-4-2-6-19(21)23/h1-13H,(H2,24,25,26). The highest BCUT2D eigenvalue weighted by atomic mass is 32.2. The van der Waals surface area contributed by atoms with Gasteiger partial charge in [-0.25, -0.2) is 0 Å². The molecule has 1 aliphatic rings. The zero-order valence-corrected chi connectivity index (χ0v) is 16.3. The summed E-state index contributed by atoms with van der Waals surface area (Å²) in [7, 11) is -4.58. The molecule has 0 saturated heterocycles. The third kappa shape index (κ3) is 3.49. The van der Waals surface area contributed by atoms with Crippen LogP contribution in [0.2, 0.25) is 0 Å². The largest absolute Gasteiger partial charge is 0.366 e. The van der Waals surface area contributed by atoms with E-state index in [4.69, 9.17) is 5.26 Å². The maximum absolute atomic E-state index is 11.3. The number of fused-ring (bicyclic) bond motifs is 2. The highest BCUT2D eigenvalue weighted by Gasteiger charge is 2.24. The van der Waals surface area contributed by atoms with Crippen molar-refractivity contribution in [1.82, 2.24) is 0 Å². The zero-order valence-electron chi connectivity index (χ0n) is 14.6. The molecular weight excluding hydrogens is 391 g/mol. The Labute approximate surface area is 166 Å². The molecule has 0 unspecified atom stereocenters. The van der Waals surface area contributed by atoms with Gasteiger partial charge < -0.3 is 14.7 Å². The number of benzene rings is 3. The van der Waals surface area contributed by atoms with Crippen molar-refractivity contribution >= 4 is 42.5 Å². The summed E-state index contributed by atoms with van der Waals surface area (Å²) >= 11 is 1.72. The van der Waals surface area contributed by atoms with Crippen molar-refractivity contribution in [3.8, 4) is 6.07 Å². The van der Waals surface area contributed by atoms with E-state index in [2.05, 4.69) is 29.2 Å². The first kappa shape index (κ1) is 18.5. The molecule has 0 aromatic heterocycles. The van der Waals surface area contributed by atoms with E-state index in [1.54, 1.807) is 30.0 Å². The van der Waals surface area contributed by atoms with Crippen LogP contribution in [0, 0.1) is 11.3 Å². The number of rotatable bonds is 3. The van der Waals surface area contributed by atoms with Crippen LogP contribution in [0.1, 0.15) is 5.56 Å². The summed E-state index contributed by atoms with van der Waals surface area (Å²) in [6, 6.07) is 25.1. The lowest BCUT2D eigenvalue weighted by Gasteiger charge is -2.32. The quantitative estimate of drug-likeness (QED) is 0.337. The van der Waals surface area contributed by atoms with Crippen LogP contribution in [0.4, 0.5) is 17.1 Å². The fraction of sp³-hybridized carbons (Fsp3) is 0. The summed E-state index contributed by atoms with van der Waals surface area (Å²) in [4.78, 5) is 22.9. The Balaban J connectivity index is 1.78.